The zero-order valence-corrected chi connectivity index (χ0v) is 15.1. The summed E-state index contributed by atoms with van der Waals surface area (Å²) < 4.78 is 12.1. The zero-order chi connectivity index (χ0) is 16.3. The van der Waals surface area contributed by atoms with Crippen molar-refractivity contribution in [3.8, 4) is 0 Å². The van der Waals surface area contributed by atoms with Crippen LogP contribution in [0.1, 0.15) is 72.6 Å². The van der Waals surface area contributed by atoms with E-state index >= 15 is 0 Å². The zero-order valence-electron chi connectivity index (χ0n) is 15.1. The Bertz CT molecular complexity index is 315. The topological polar surface area (TPSA) is 18.5 Å². The second-order valence-electron chi connectivity index (χ2n) is 6.39. The van der Waals surface area contributed by atoms with Gasteiger partial charge in [0.25, 0.3) is 0 Å². The monoisotopic (exact) mass is 308 g/mol. The van der Waals surface area contributed by atoms with Crippen LogP contribution in [-0.4, -0.2) is 19.0 Å². The number of hydrogen-bond acceptors (Lipinski definition) is 2. The lowest BCUT2D eigenvalue weighted by Crippen LogP contribution is -2.43. The number of ether oxygens (including phenoxy) is 2. The molecule has 0 heterocycles. The summed E-state index contributed by atoms with van der Waals surface area (Å²) in [6, 6.07) is 0. The van der Waals surface area contributed by atoms with Crippen LogP contribution < -0.4 is 0 Å². The molecule has 1 unspecified atom stereocenters. The molecule has 0 radical (unpaired) electrons. The second kappa shape index (κ2) is 11.0. The molecule has 0 bridgehead atoms. The van der Waals surface area contributed by atoms with Gasteiger partial charge in [-0.1, -0.05) is 69.8 Å². The lowest BCUT2D eigenvalue weighted by atomic mass is 9.82. The first-order valence-corrected chi connectivity index (χ1v) is 9.30. The molecule has 1 aliphatic rings. The molecule has 0 fully saturated rings. The summed E-state index contributed by atoms with van der Waals surface area (Å²) in [4.78, 5) is 0. The van der Waals surface area contributed by atoms with E-state index in [2.05, 4.69) is 52.0 Å². The smallest absolute Gasteiger partial charge is 0.169 e. The maximum Gasteiger partial charge on any atom is 0.169 e. The van der Waals surface area contributed by atoms with Crippen LogP contribution in [-0.2, 0) is 9.47 Å². The maximum atomic E-state index is 6.05. The molecule has 0 aromatic heterocycles. The molecule has 1 rings (SSSR count). The van der Waals surface area contributed by atoms with E-state index in [4.69, 9.17) is 9.47 Å². The van der Waals surface area contributed by atoms with E-state index in [0.717, 1.165) is 0 Å². The van der Waals surface area contributed by atoms with Crippen LogP contribution in [0, 0.1) is 11.8 Å². The van der Waals surface area contributed by atoms with Crippen molar-refractivity contribution in [2.24, 2.45) is 11.8 Å². The highest BCUT2D eigenvalue weighted by Crippen LogP contribution is 2.37. The van der Waals surface area contributed by atoms with Gasteiger partial charge >= 0.3 is 0 Å². The summed E-state index contributed by atoms with van der Waals surface area (Å²) in [5, 5.41) is 0. The second-order valence-corrected chi connectivity index (χ2v) is 6.39. The van der Waals surface area contributed by atoms with Gasteiger partial charge in [-0.3, -0.25) is 0 Å². The fourth-order valence-corrected chi connectivity index (χ4v) is 3.50. The maximum absolute atomic E-state index is 6.05. The van der Waals surface area contributed by atoms with Crippen LogP contribution in [0.3, 0.4) is 0 Å². The molecule has 0 aromatic rings. The third-order valence-corrected chi connectivity index (χ3v) is 4.65. The van der Waals surface area contributed by atoms with Crippen LogP contribution in [0.5, 0.6) is 0 Å². The summed E-state index contributed by atoms with van der Waals surface area (Å²) >= 11 is 0. The largest absolute Gasteiger partial charge is 0.350 e. The molecule has 1 atom stereocenters. The number of unbranched alkanes of at least 4 members (excludes halogenated alkanes) is 5. The van der Waals surface area contributed by atoms with Gasteiger partial charge in [0.15, 0.2) is 5.79 Å². The third-order valence-electron chi connectivity index (χ3n) is 4.65. The van der Waals surface area contributed by atoms with E-state index < -0.39 is 5.79 Å². The first-order valence-electron chi connectivity index (χ1n) is 9.30. The van der Waals surface area contributed by atoms with Crippen LogP contribution in [0.4, 0.5) is 0 Å². The molecule has 0 spiro atoms. The summed E-state index contributed by atoms with van der Waals surface area (Å²) in [7, 11) is 0. The van der Waals surface area contributed by atoms with Gasteiger partial charge in [-0.15, -0.1) is 0 Å². The molecular formula is C20H36O2. The minimum Gasteiger partial charge on any atom is -0.350 e. The van der Waals surface area contributed by atoms with Crippen LogP contribution in [0.25, 0.3) is 0 Å². The van der Waals surface area contributed by atoms with E-state index in [1.54, 1.807) is 0 Å². The van der Waals surface area contributed by atoms with Crippen molar-refractivity contribution < 1.29 is 9.47 Å². The van der Waals surface area contributed by atoms with Gasteiger partial charge in [0.2, 0.25) is 0 Å². The first-order chi connectivity index (χ1) is 10.7. The van der Waals surface area contributed by atoms with Gasteiger partial charge in [-0.05, 0) is 27.2 Å². The molecule has 0 saturated carbocycles. The van der Waals surface area contributed by atoms with E-state index in [-0.39, 0.29) is 0 Å². The Morgan fingerprint density at radius 3 is 1.95 bits per heavy atom. The summed E-state index contributed by atoms with van der Waals surface area (Å²) in [6.45, 7) is 9.90. The van der Waals surface area contributed by atoms with Crippen molar-refractivity contribution in [1.82, 2.24) is 0 Å². The minimum atomic E-state index is -0.476. The number of hydrogen-bond donors (Lipinski definition) is 0. The molecule has 0 N–H and O–H groups in total. The van der Waals surface area contributed by atoms with Crippen molar-refractivity contribution in [2.75, 3.05) is 13.2 Å². The van der Waals surface area contributed by atoms with Gasteiger partial charge < -0.3 is 9.47 Å². The highest BCUT2D eigenvalue weighted by molar-refractivity contribution is 5.19. The van der Waals surface area contributed by atoms with Crippen molar-refractivity contribution >= 4 is 0 Å². The van der Waals surface area contributed by atoms with E-state index in [9.17, 15) is 0 Å². The number of rotatable bonds is 13. The van der Waals surface area contributed by atoms with Crippen molar-refractivity contribution in [3.05, 3.63) is 24.3 Å². The molecule has 22 heavy (non-hydrogen) atoms. The Morgan fingerprint density at radius 1 is 0.864 bits per heavy atom. The average molecular weight is 309 g/mol. The third kappa shape index (κ3) is 6.26. The standard InChI is InChI=1S/C20H36O2/c1-5-8-9-10-11-12-17-19(18-15-13-14-16-18)20(4,21-6-2)22-7-3/h13-16,18-19H,5-12,17H2,1-4H3. The predicted molar refractivity (Wildman–Crippen MR) is 94.9 cm³/mol. The molecule has 0 aliphatic heterocycles. The van der Waals surface area contributed by atoms with Crippen LogP contribution in [0.15, 0.2) is 24.3 Å². The molecule has 0 saturated heterocycles. The average Bonchev–Trinajstić information content (AvgIpc) is 3.00. The van der Waals surface area contributed by atoms with Crippen LogP contribution >= 0.6 is 0 Å². The molecule has 2 heteroatoms. The van der Waals surface area contributed by atoms with Gasteiger partial charge in [-0.2, -0.15) is 0 Å². The molecule has 128 valence electrons. The fraction of sp³-hybridized carbons (Fsp3) is 0.800. The van der Waals surface area contributed by atoms with Gasteiger partial charge in [0, 0.05) is 25.0 Å². The van der Waals surface area contributed by atoms with Gasteiger partial charge in [0.1, 0.15) is 0 Å². The van der Waals surface area contributed by atoms with E-state index in [1.807, 2.05) is 0 Å². The van der Waals surface area contributed by atoms with Gasteiger partial charge in [-0.25, -0.2) is 0 Å². The first kappa shape index (κ1) is 19.4. The van der Waals surface area contributed by atoms with Gasteiger partial charge in [0.05, 0.1) is 0 Å². The quantitative estimate of drug-likeness (QED) is 0.312. The minimum absolute atomic E-state index is 0.397. The number of allylic oxidation sites excluding steroid dienone is 4. The molecule has 0 aromatic carbocycles. The highest BCUT2D eigenvalue weighted by atomic mass is 16.7. The Kier molecular flexibility index (Phi) is 9.74. The molecular weight excluding hydrogens is 272 g/mol. The normalized spacial score (nSPS) is 16.5. The van der Waals surface area contributed by atoms with Crippen LogP contribution in [0.2, 0.25) is 0 Å². The summed E-state index contributed by atoms with van der Waals surface area (Å²) in [5.41, 5.74) is 0. The summed E-state index contributed by atoms with van der Waals surface area (Å²) in [6.07, 6.45) is 18.1. The lowest BCUT2D eigenvalue weighted by molar-refractivity contribution is -0.257. The van der Waals surface area contributed by atoms with Crippen molar-refractivity contribution in [1.29, 1.82) is 0 Å². The molecule has 0 amide bonds. The van der Waals surface area contributed by atoms with Crippen molar-refractivity contribution in [3.63, 3.8) is 0 Å². The molecule has 1 aliphatic carbocycles. The predicted octanol–water partition coefficient (Wildman–Crippen LogP) is 5.88. The fourth-order valence-electron chi connectivity index (χ4n) is 3.50. The van der Waals surface area contributed by atoms with E-state index in [0.29, 0.717) is 25.0 Å². The Balaban J connectivity index is 2.58. The summed E-state index contributed by atoms with van der Waals surface area (Å²) in [5.74, 6) is 0.365. The Morgan fingerprint density at radius 2 is 1.41 bits per heavy atom. The Labute approximate surface area is 138 Å². The van der Waals surface area contributed by atoms with Crippen molar-refractivity contribution in [2.45, 2.75) is 78.4 Å². The van der Waals surface area contributed by atoms with E-state index in [1.165, 1.54) is 44.9 Å². The highest BCUT2D eigenvalue weighted by Gasteiger charge is 2.39. The Hall–Kier alpha value is -0.600. The molecule has 2 nitrogen and oxygen atoms in total. The SMILES string of the molecule is CCCCCCCCC(C1C=CC=C1)C(C)(OCC)OCC. The lowest BCUT2D eigenvalue weighted by Gasteiger charge is -2.39.